The molecule has 0 unspecified atom stereocenters. The summed E-state index contributed by atoms with van der Waals surface area (Å²) in [6.07, 6.45) is 8.85. The van der Waals surface area contributed by atoms with Gasteiger partial charge in [0.25, 0.3) is 0 Å². The molecule has 0 heterocycles. The van der Waals surface area contributed by atoms with Gasteiger partial charge in [-0.15, -0.1) is 0 Å². The highest BCUT2D eigenvalue weighted by Gasteiger charge is 2.20. The molecule has 0 heteroatoms. The molecule has 1 fully saturated rings. The smallest absolute Gasteiger partial charge is 0.0388 e. The summed E-state index contributed by atoms with van der Waals surface area (Å²) in [5, 5.41) is 0. The highest BCUT2D eigenvalue weighted by Crippen LogP contribution is 2.33. The van der Waals surface area contributed by atoms with E-state index < -0.39 is 0 Å². The standard InChI is InChI=1S/C10H20/c1-3-6-9(2)10-7-4-5-8-10/h9-10H,3-8H2,1-2H3/t9-/m1/s1. The Balaban J connectivity index is 2.18. The summed E-state index contributed by atoms with van der Waals surface area (Å²) in [6.45, 7) is 4.73. The maximum atomic E-state index is 2.43. The van der Waals surface area contributed by atoms with Crippen molar-refractivity contribution in [2.45, 2.75) is 52.4 Å². The lowest BCUT2D eigenvalue weighted by molar-refractivity contribution is 0.343. The van der Waals surface area contributed by atoms with Gasteiger partial charge in [-0.3, -0.25) is 0 Å². The molecule has 0 radical (unpaired) electrons. The second-order valence-corrected chi connectivity index (χ2v) is 3.81. The van der Waals surface area contributed by atoms with Crippen molar-refractivity contribution in [1.82, 2.24) is 0 Å². The average Bonchev–Trinajstić information content (AvgIpc) is 2.38. The molecule has 0 bridgehead atoms. The fourth-order valence-electron chi connectivity index (χ4n) is 2.22. The van der Waals surface area contributed by atoms with Crippen LogP contribution in [0.4, 0.5) is 0 Å². The van der Waals surface area contributed by atoms with Crippen molar-refractivity contribution in [3.63, 3.8) is 0 Å². The summed E-state index contributed by atoms with van der Waals surface area (Å²) in [5.74, 6) is 2.09. The van der Waals surface area contributed by atoms with Crippen LogP contribution >= 0.6 is 0 Å². The van der Waals surface area contributed by atoms with Gasteiger partial charge in [0.15, 0.2) is 0 Å². The predicted molar refractivity (Wildman–Crippen MR) is 46.0 cm³/mol. The van der Waals surface area contributed by atoms with Crippen molar-refractivity contribution >= 4 is 0 Å². The number of hydrogen-bond donors (Lipinski definition) is 0. The van der Waals surface area contributed by atoms with Gasteiger partial charge in [0.2, 0.25) is 0 Å². The zero-order valence-electron chi connectivity index (χ0n) is 7.40. The maximum absolute atomic E-state index is 2.43. The normalized spacial score (nSPS) is 23.4. The third-order valence-corrected chi connectivity index (χ3v) is 2.95. The predicted octanol–water partition coefficient (Wildman–Crippen LogP) is 3.61. The molecule has 1 aliphatic carbocycles. The van der Waals surface area contributed by atoms with Crippen molar-refractivity contribution in [1.29, 1.82) is 0 Å². The van der Waals surface area contributed by atoms with E-state index in [9.17, 15) is 0 Å². The van der Waals surface area contributed by atoms with E-state index in [2.05, 4.69) is 13.8 Å². The van der Waals surface area contributed by atoms with E-state index in [0.29, 0.717) is 0 Å². The van der Waals surface area contributed by atoms with Crippen molar-refractivity contribution in [2.75, 3.05) is 0 Å². The van der Waals surface area contributed by atoms with Gasteiger partial charge in [0, 0.05) is 0 Å². The Morgan fingerprint density at radius 2 is 1.90 bits per heavy atom. The molecule has 1 rings (SSSR count). The van der Waals surface area contributed by atoms with Crippen LogP contribution in [0, 0.1) is 11.8 Å². The van der Waals surface area contributed by atoms with Gasteiger partial charge < -0.3 is 0 Å². The molecule has 1 saturated carbocycles. The topological polar surface area (TPSA) is 0 Å². The Morgan fingerprint density at radius 3 is 2.40 bits per heavy atom. The van der Waals surface area contributed by atoms with Crippen LogP contribution in [-0.2, 0) is 0 Å². The average molecular weight is 140 g/mol. The molecule has 10 heavy (non-hydrogen) atoms. The van der Waals surface area contributed by atoms with Crippen LogP contribution in [0.15, 0.2) is 0 Å². The van der Waals surface area contributed by atoms with Crippen LogP contribution in [0.25, 0.3) is 0 Å². The summed E-state index contributed by atoms with van der Waals surface area (Å²) >= 11 is 0. The second-order valence-electron chi connectivity index (χ2n) is 3.81. The SMILES string of the molecule is CCC[C@@H](C)C1CCCC1. The minimum absolute atomic E-state index is 1.01. The summed E-state index contributed by atoms with van der Waals surface area (Å²) in [4.78, 5) is 0. The van der Waals surface area contributed by atoms with Crippen molar-refractivity contribution in [2.24, 2.45) is 11.8 Å². The molecule has 0 aromatic carbocycles. The lowest BCUT2D eigenvalue weighted by Gasteiger charge is -2.17. The molecule has 0 N–H and O–H groups in total. The first-order chi connectivity index (χ1) is 4.84. The van der Waals surface area contributed by atoms with E-state index >= 15 is 0 Å². The molecule has 0 aromatic heterocycles. The molecule has 0 aromatic rings. The molecular formula is C10H20. The third kappa shape index (κ3) is 2.00. The van der Waals surface area contributed by atoms with Crippen molar-refractivity contribution in [3.8, 4) is 0 Å². The number of rotatable bonds is 3. The Hall–Kier alpha value is 0. The van der Waals surface area contributed by atoms with Crippen LogP contribution in [0.1, 0.15) is 52.4 Å². The zero-order chi connectivity index (χ0) is 7.40. The summed E-state index contributed by atoms with van der Waals surface area (Å²) in [6, 6.07) is 0. The van der Waals surface area contributed by atoms with Crippen LogP contribution in [-0.4, -0.2) is 0 Å². The van der Waals surface area contributed by atoms with E-state index in [1.54, 1.807) is 0 Å². The lowest BCUT2D eigenvalue weighted by atomic mass is 9.89. The molecule has 60 valence electrons. The zero-order valence-corrected chi connectivity index (χ0v) is 7.40. The quantitative estimate of drug-likeness (QED) is 0.561. The fourth-order valence-corrected chi connectivity index (χ4v) is 2.22. The van der Waals surface area contributed by atoms with Gasteiger partial charge in [-0.1, -0.05) is 52.4 Å². The van der Waals surface area contributed by atoms with Gasteiger partial charge in [-0.05, 0) is 11.8 Å². The van der Waals surface area contributed by atoms with Crippen molar-refractivity contribution < 1.29 is 0 Å². The van der Waals surface area contributed by atoms with Gasteiger partial charge in [-0.25, -0.2) is 0 Å². The Kier molecular flexibility index (Phi) is 3.24. The summed E-state index contributed by atoms with van der Waals surface area (Å²) in [7, 11) is 0. The van der Waals surface area contributed by atoms with Gasteiger partial charge in [-0.2, -0.15) is 0 Å². The molecule has 1 aliphatic rings. The van der Waals surface area contributed by atoms with Crippen molar-refractivity contribution in [3.05, 3.63) is 0 Å². The van der Waals surface area contributed by atoms with E-state index in [-0.39, 0.29) is 0 Å². The van der Waals surface area contributed by atoms with E-state index in [0.717, 1.165) is 11.8 Å². The summed E-state index contributed by atoms with van der Waals surface area (Å²) < 4.78 is 0. The molecule has 1 atom stereocenters. The van der Waals surface area contributed by atoms with E-state index in [4.69, 9.17) is 0 Å². The molecule has 0 nitrogen and oxygen atoms in total. The van der Waals surface area contributed by atoms with Crippen LogP contribution in [0.3, 0.4) is 0 Å². The van der Waals surface area contributed by atoms with E-state index in [1.807, 2.05) is 0 Å². The van der Waals surface area contributed by atoms with Gasteiger partial charge >= 0.3 is 0 Å². The number of hydrogen-bond acceptors (Lipinski definition) is 0. The first kappa shape index (κ1) is 8.10. The maximum Gasteiger partial charge on any atom is -0.0388 e. The molecule has 0 amide bonds. The minimum atomic E-state index is 1.01. The fraction of sp³-hybridized carbons (Fsp3) is 1.00. The molecule has 0 spiro atoms. The van der Waals surface area contributed by atoms with Crippen LogP contribution in [0.5, 0.6) is 0 Å². The molecular weight excluding hydrogens is 120 g/mol. The molecule has 0 aliphatic heterocycles. The van der Waals surface area contributed by atoms with Gasteiger partial charge in [0.1, 0.15) is 0 Å². The largest absolute Gasteiger partial charge is 0.0654 e. The first-order valence-corrected chi connectivity index (χ1v) is 4.84. The minimum Gasteiger partial charge on any atom is -0.0654 e. The van der Waals surface area contributed by atoms with E-state index in [1.165, 1.54) is 38.5 Å². The van der Waals surface area contributed by atoms with Crippen LogP contribution < -0.4 is 0 Å². The first-order valence-electron chi connectivity index (χ1n) is 4.84. The second kappa shape index (κ2) is 4.00. The Bertz CT molecular complexity index is 80.0. The van der Waals surface area contributed by atoms with Gasteiger partial charge in [0.05, 0.1) is 0 Å². The monoisotopic (exact) mass is 140 g/mol. The lowest BCUT2D eigenvalue weighted by Crippen LogP contribution is -2.06. The summed E-state index contributed by atoms with van der Waals surface area (Å²) in [5.41, 5.74) is 0. The Labute approximate surface area is 65.0 Å². The molecule has 0 saturated heterocycles. The highest BCUT2D eigenvalue weighted by atomic mass is 14.3. The Morgan fingerprint density at radius 1 is 1.30 bits per heavy atom. The van der Waals surface area contributed by atoms with Crippen LogP contribution in [0.2, 0.25) is 0 Å². The third-order valence-electron chi connectivity index (χ3n) is 2.95. The highest BCUT2D eigenvalue weighted by molar-refractivity contribution is 4.71.